The van der Waals surface area contributed by atoms with Crippen LogP contribution in [0.1, 0.15) is 47.0 Å². The van der Waals surface area contributed by atoms with Gasteiger partial charge < -0.3 is 10.2 Å². The molecule has 2 nitrogen and oxygen atoms in total. The molecule has 0 bridgehead atoms. The second-order valence-corrected chi connectivity index (χ2v) is 4.67. The van der Waals surface area contributed by atoms with Crippen LogP contribution in [-0.4, -0.2) is 37.6 Å². The second-order valence-electron chi connectivity index (χ2n) is 4.67. The van der Waals surface area contributed by atoms with Crippen molar-refractivity contribution in [3.05, 3.63) is 0 Å². The molecule has 0 aliphatic carbocycles. The highest BCUT2D eigenvalue weighted by Gasteiger charge is 1.97. The van der Waals surface area contributed by atoms with E-state index < -0.39 is 0 Å². The number of hydrogen-bond donors (Lipinski definition) is 1. The van der Waals surface area contributed by atoms with Crippen LogP contribution in [0.2, 0.25) is 0 Å². The van der Waals surface area contributed by atoms with E-state index in [1.807, 2.05) is 0 Å². The lowest BCUT2D eigenvalue weighted by Crippen LogP contribution is -2.32. The van der Waals surface area contributed by atoms with E-state index in [-0.39, 0.29) is 0 Å². The first-order valence-electron chi connectivity index (χ1n) is 6.63. The number of nitrogens with zero attached hydrogens (tertiary/aromatic N) is 1. The predicted molar refractivity (Wildman–Crippen MR) is 69.3 cm³/mol. The monoisotopic (exact) mass is 214 g/mol. The summed E-state index contributed by atoms with van der Waals surface area (Å²) in [6.07, 6.45) is 4.07. The van der Waals surface area contributed by atoms with E-state index in [0.717, 1.165) is 12.5 Å². The summed E-state index contributed by atoms with van der Waals surface area (Å²) in [4.78, 5) is 2.46. The summed E-state index contributed by atoms with van der Waals surface area (Å²) in [7, 11) is 0. The molecule has 2 heteroatoms. The molecule has 0 spiro atoms. The van der Waals surface area contributed by atoms with Gasteiger partial charge in [0.05, 0.1) is 0 Å². The molecule has 0 aliphatic rings. The molecule has 15 heavy (non-hydrogen) atoms. The minimum Gasteiger partial charge on any atom is -0.315 e. The molecule has 0 atom stereocenters. The van der Waals surface area contributed by atoms with E-state index >= 15 is 0 Å². The highest BCUT2D eigenvalue weighted by Crippen LogP contribution is 2.04. The van der Waals surface area contributed by atoms with Gasteiger partial charge >= 0.3 is 0 Å². The van der Waals surface area contributed by atoms with Crippen LogP contribution < -0.4 is 5.32 Å². The van der Waals surface area contributed by atoms with Crippen molar-refractivity contribution in [1.29, 1.82) is 0 Å². The molecule has 0 saturated heterocycles. The molecule has 0 rings (SSSR count). The molecule has 1 N–H and O–H groups in total. The lowest BCUT2D eigenvalue weighted by atomic mass is 10.1. The zero-order valence-corrected chi connectivity index (χ0v) is 11.2. The highest BCUT2D eigenvalue weighted by atomic mass is 15.1. The van der Waals surface area contributed by atoms with Crippen molar-refractivity contribution in [1.82, 2.24) is 10.2 Å². The lowest BCUT2D eigenvalue weighted by molar-refractivity contribution is 0.302. The Morgan fingerprint density at radius 3 is 2.20 bits per heavy atom. The van der Waals surface area contributed by atoms with Crippen LogP contribution in [0.5, 0.6) is 0 Å². The number of likely N-dealkylation sites (N-methyl/N-ethyl adjacent to an activating group) is 1. The Balaban J connectivity index is 3.10. The molecule has 0 fully saturated rings. The van der Waals surface area contributed by atoms with Crippen molar-refractivity contribution in [2.24, 2.45) is 5.92 Å². The van der Waals surface area contributed by atoms with Gasteiger partial charge in [0.25, 0.3) is 0 Å². The molecule has 0 saturated carbocycles. The van der Waals surface area contributed by atoms with Gasteiger partial charge in [-0.2, -0.15) is 0 Å². The van der Waals surface area contributed by atoms with Crippen molar-refractivity contribution < 1.29 is 0 Å². The Kier molecular flexibility index (Phi) is 10.4. The van der Waals surface area contributed by atoms with Crippen LogP contribution in [0.15, 0.2) is 0 Å². The zero-order valence-electron chi connectivity index (χ0n) is 11.2. The quantitative estimate of drug-likeness (QED) is 0.563. The van der Waals surface area contributed by atoms with Gasteiger partial charge in [-0.1, -0.05) is 40.5 Å². The lowest BCUT2D eigenvalue weighted by Gasteiger charge is -2.17. The van der Waals surface area contributed by atoms with Gasteiger partial charge in [0, 0.05) is 13.1 Å². The second kappa shape index (κ2) is 10.4. The molecule has 0 radical (unpaired) electrons. The first-order valence-corrected chi connectivity index (χ1v) is 6.63. The van der Waals surface area contributed by atoms with Crippen LogP contribution >= 0.6 is 0 Å². The molecule has 0 unspecified atom stereocenters. The molecular formula is C13H30N2. The molecule has 0 aromatic rings. The summed E-state index contributed by atoms with van der Waals surface area (Å²) in [5.74, 6) is 0.862. The summed E-state index contributed by atoms with van der Waals surface area (Å²) in [6, 6.07) is 0. The van der Waals surface area contributed by atoms with Crippen LogP contribution in [0.25, 0.3) is 0 Å². The molecule has 0 heterocycles. The van der Waals surface area contributed by atoms with Gasteiger partial charge in [0.1, 0.15) is 0 Å². The zero-order chi connectivity index (χ0) is 11.5. The summed E-state index contributed by atoms with van der Waals surface area (Å²) in [6.45, 7) is 14.9. The number of unbranched alkanes of at least 4 members (excludes halogenated alkanes) is 1. The number of nitrogens with one attached hydrogen (secondary N) is 1. The van der Waals surface area contributed by atoms with E-state index in [9.17, 15) is 0 Å². The fourth-order valence-corrected chi connectivity index (χ4v) is 1.70. The maximum Gasteiger partial charge on any atom is 0.0107 e. The predicted octanol–water partition coefficient (Wildman–Crippen LogP) is 2.74. The number of hydrogen-bond acceptors (Lipinski definition) is 2. The summed E-state index contributed by atoms with van der Waals surface area (Å²) < 4.78 is 0. The minimum absolute atomic E-state index is 0.862. The Morgan fingerprint density at radius 2 is 1.67 bits per heavy atom. The van der Waals surface area contributed by atoms with Crippen molar-refractivity contribution >= 4 is 0 Å². The van der Waals surface area contributed by atoms with E-state index in [2.05, 4.69) is 37.9 Å². The topological polar surface area (TPSA) is 15.3 Å². The van der Waals surface area contributed by atoms with Gasteiger partial charge in [-0.15, -0.1) is 0 Å². The van der Waals surface area contributed by atoms with Gasteiger partial charge in [0.15, 0.2) is 0 Å². The third kappa shape index (κ3) is 10.2. The van der Waals surface area contributed by atoms with Gasteiger partial charge in [-0.05, 0) is 32.0 Å². The minimum atomic E-state index is 0.862. The molecule has 0 aliphatic heterocycles. The molecule has 0 aromatic heterocycles. The van der Waals surface area contributed by atoms with E-state index in [4.69, 9.17) is 0 Å². The first kappa shape index (κ1) is 14.9. The summed E-state index contributed by atoms with van der Waals surface area (Å²) in [5, 5.41) is 3.52. The fourth-order valence-electron chi connectivity index (χ4n) is 1.70. The highest BCUT2D eigenvalue weighted by molar-refractivity contribution is 4.56. The smallest absolute Gasteiger partial charge is 0.0107 e. The average molecular weight is 214 g/mol. The van der Waals surface area contributed by atoms with Crippen LogP contribution in [0.3, 0.4) is 0 Å². The molecule has 0 amide bonds. The van der Waals surface area contributed by atoms with Crippen LogP contribution in [-0.2, 0) is 0 Å². The van der Waals surface area contributed by atoms with Crippen LogP contribution in [0.4, 0.5) is 0 Å². The van der Waals surface area contributed by atoms with Gasteiger partial charge in [-0.25, -0.2) is 0 Å². The average Bonchev–Trinajstić information content (AvgIpc) is 2.22. The number of rotatable bonds is 10. The van der Waals surface area contributed by atoms with Gasteiger partial charge in [-0.3, -0.25) is 0 Å². The molecule has 0 aromatic carbocycles. The van der Waals surface area contributed by atoms with Crippen molar-refractivity contribution in [3.8, 4) is 0 Å². The van der Waals surface area contributed by atoms with Crippen LogP contribution in [0, 0.1) is 5.92 Å². The fraction of sp³-hybridized carbons (Fsp3) is 1.00. The summed E-state index contributed by atoms with van der Waals surface area (Å²) in [5.41, 5.74) is 0. The van der Waals surface area contributed by atoms with E-state index in [1.54, 1.807) is 0 Å². The largest absolute Gasteiger partial charge is 0.315 e. The third-order valence-electron chi connectivity index (χ3n) is 2.88. The standard InChI is InChI=1S/C13H30N2/c1-5-15(6-2)12-11-14-10-8-7-9-13(3)4/h13-14H,5-12H2,1-4H3. The Bertz CT molecular complexity index is 120. The maximum atomic E-state index is 3.52. The SMILES string of the molecule is CCN(CC)CCNCCCCC(C)C. The van der Waals surface area contributed by atoms with Gasteiger partial charge in [0.2, 0.25) is 0 Å². The van der Waals surface area contributed by atoms with Crippen molar-refractivity contribution in [2.75, 3.05) is 32.7 Å². The third-order valence-corrected chi connectivity index (χ3v) is 2.88. The van der Waals surface area contributed by atoms with Crippen molar-refractivity contribution in [3.63, 3.8) is 0 Å². The molecular weight excluding hydrogens is 184 g/mol. The summed E-state index contributed by atoms with van der Waals surface area (Å²) >= 11 is 0. The van der Waals surface area contributed by atoms with E-state index in [0.29, 0.717) is 0 Å². The Morgan fingerprint density at radius 1 is 1.00 bits per heavy atom. The van der Waals surface area contributed by atoms with Crippen molar-refractivity contribution in [2.45, 2.75) is 47.0 Å². The molecule has 92 valence electrons. The normalized spacial score (nSPS) is 11.6. The Hall–Kier alpha value is -0.0800. The van der Waals surface area contributed by atoms with E-state index in [1.165, 1.54) is 45.4 Å². The first-order chi connectivity index (χ1) is 7.20. The Labute approximate surface area is 96.4 Å². The maximum absolute atomic E-state index is 3.52.